The van der Waals surface area contributed by atoms with Gasteiger partial charge in [0.2, 0.25) is 5.91 Å². The molecule has 0 bridgehead atoms. The Morgan fingerprint density at radius 1 is 1.16 bits per heavy atom. The second-order valence-electron chi connectivity index (χ2n) is 4.25. The van der Waals surface area contributed by atoms with E-state index < -0.39 is 0 Å². The molecular weight excluding hydrogens is 302 g/mol. The van der Waals surface area contributed by atoms with Gasteiger partial charge in [-0.3, -0.25) is 4.79 Å². The first-order chi connectivity index (χ1) is 9.13. The van der Waals surface area contributed by atoms with Crippen LogP contribution in [0.15, 0.2) is 59.1 Å². The fourth-order valence-corrected chi connectivity index (χ4v) is 2.11. The molecule has 19 heavy (non-hydrogen) atoms. The lowest BCUT2D eigenvalue weighted by Gasteiger charge is -2.02. The predicted molar refractivity (Wildman–Crippen MR) is 83.0 cm³/mol. The van der Waals surface area contributed by atoms with E-state index in [0.29, 0.717) is 0 Å². The molecule has 0 radical (unpaired) electrons. The van der Waals surface area contributed by atoms with Crippen molar-refractivity contribution < 1.29 is 4.79 Å². The number of halogens is 1. The highest BCUT2D eigenvalue weighted by Gasteiger charge is 1.98. The third-order valence-corrected chi connectivity index (χ3v) is 3.05. The van der Waals surface area contributed by atoms with Gasteiger partial charge in [-0.25, -0.2) is 0 Å². The monoisotopic (exact) mass is 315 g/mol. The summed E-state index contributed by atoms with van der Waals surface area (Å²) < 4.78 is 0.994. The molecule has 0 saturated carbocycles. The van der Waals surface area contributed by atoms with Crippen LogP contribution in [0, 0.1) is 6.92 Å². The van der Waals surface area contributed by atoms with Crippen molar-refractivity contribution in [3.8, 4) is 0 Å². The van der Waals surface area contributed by atoms with Gasteiger partial charge in [0.15, 0.2) is 0 Å². The summed E-state index contributed by atoms with van der Waals surface area (Å²) in [4.78, 5) is 11.8. The Hall–Kier alpha value is -1.87. The first-order valence-corrected chi connectivity index (χ1v) is 6.74. The molecule has 2 aromatic carbocycles. The second kappa shape index (κ2) is 6.34. The molecule has 0 aromatic heterocycles. The van der Waals surface area contributed by atoms with Crippen molar-refractivity contribution in [3.63, 3.8) is 0 Å². The van der Waals surface area contributed by atoms with Crippen LogP contribution in [-0.4, -0.2) is 5.91 Å². The lowest BCUT2D eigenvalue weighted by Crippen LogP contribution is -2.07. The van der Waals surface area contributed by atoms with E-state index in [9.17, 15) is 4.79 Å². The largest absolute Gasteiger partial charge is 0.323 e. The highest BCUT2D eigenvalue weighted by Crippen LogP contribution is 2.13. The zero-order chi connectivity index (χ0) is 13.7. The SMILES string of the molecule is Cc1cccc(NC(=O)/C=C/c2cccc(Br)c2)c1. The van der Waals surface area contributed by atoms with E-state index >= 15 is 0 Å². The third kappa shape index (κ3) is 4.38. The Morgan fingerprint density at radius 3 is 2.68 bits per heavy atom. The zero-order valence-electron chi connectivity index (χ0n) is 10.6. The summed E-state index contributed by atoms with van der Waals surface area (Å²) in [6.07, 6.45) is 3.32. The van der Waals surface area contributed by atoms with Crippen LogP contribution in [0.3, 0.4) is 0 Å². The summed E-state index contributed by atoms with van der Waals surface area (Å²) in [5, 5.41) is 2.83. The second-order valence-corrected chi connectivity index (χ2v) is 5.16. The lowest BCUT2D eigenvalue weighted by molar-refractivity contribution is -0.111. The van der Waals surface area contributed by atoms with Crippen LogP contribution in [-0.2, 0) is 4.79 Å². The Kier molecular flexibility index (Phi) is 4.53. The van der Waals surface area contributed by atoms with Crippen molar-refractivity contribution in [2.75, 3.05) is 5.32 Å². The molecule has 0 fully saturated rings. The minimum absolute atomic E-state index is 0.134. The number of rotatable bonds is 3. The molecule has 0 aliphatic carbocycles. The Labute approximate surface area is 121 Å². The van der Waals surface area contributed by atoms with Crippen molar-refractivity contribution >= 4 is 33.6 Å². The molecule has 1 amide bonds. The van der Waals surface area contributed by atoms with E-state index in [2.05, 4.69) is 21.2 Å². The Balaban J connectivity index is 2.01. The molecule has 0 heterocycles. The maximum atomic E-state index is 11.8. The molecule has 0 spiro atoms. The zero-order valence-corrected chi connectivity index (χ0v) is 12.1. The molecule has 2 nitrogen and oxygen atoms in total. The molecule has 1 N–H and O–H groups in total. The first-order valence-electron chi connectivity index (χ1n) is 5.95. The van der Waals surface area contributed by atoms with E-state index in [0.717, 1.165) is 21.3 Å². The van der Waals surface area contributed by atoms with Crippen molar-refractivity contribution in [1.29, 1.82) is 0 Å². The van der Waals surface area contributed by atoms with E-state index in [4.69, 9.17) is 0 Å². The summed E-state index contributed by atoms with van der Waals surface area (Å²) in [5.41, 5.74) is 2.91. The van der Waals surface area contributed by atoms with Crippen molar-refractivity contribution in [2.45, 2.75) is 6.92 Å². The van der Waals surface area contributed by atoms with Crippen molar-refractivity contribution in [3.05, 3.63) is 70.2 Å². The van der Waals surface area contributed by atoms with Gasteiger partial charge < -0.3 is 5.32 Å². The van der Waals surface area contributed by atoms with Gasteiger partial charge in [-0.1, -0.05) is 40.2 Å². The number of hydrogen-bond acceptors (Lipinski definition) is 1. The summed E-state index contributed by atoms with van der Waals surface area (Å²) in [7, 11) is 0. The van der Waals surface area contributed by atoms with Gasteiger partial charge in [0.1, 0.15) is 0 Å². The molecule has 2 aromatic rings. The Morgan fingerprint density at radius 2 is 1.95 bits per heavy atom. The van der Waals surface area contributed by atoms with E-state index in [1.54, 1.807) is 6.08 Å². The summed E-state index contributed by atoms with van der Waals surface area (Å²) in [6, 6.07) is 15.5. The smallest absolute Gasteiger partial charge is 0.248 e. The molecular formula is C16H14BrNO. The van der Waals surface area contributed by atoms with Crippen LogP contribution in [0.1, 0.15) is 11.1 Å². The molecule has 0 unspecified atom stereocenters. The van der Waals surface area contributed by atoms with Gasteiger partial charge in [0, 0.05) is 16.2 Å². The number of aryl methyl sites for hydroxylation is 1. The number of carbonyl (C=O) groups excluding carboxylic acids is 1. The van der Waals surface area contributed by atoms with Crippen molar-refractivity contribution in [2.24, 2.45) is 0 Å². The van der Waals surface area contributed by atoms with Gasteiger partial charge in [0.05, 0.1) is 0 Å². The number of nitrogens with one attached hydrogen (secondary N) is 1. The molecule has 96 valence electrons. The molecule has 2 rings (SSSR count). The van der Waals surface area contributed by atoms with Crippen LogP contribution in [0.2, 0.25) is 0 Å². The van der Waals surface area contributed by atoms with Crippen LogP contribution in [0.25, 0.3) is 6.08 Å². The topological polar surface area (TPSA) is 29.1 Å². The third-order valence-electron chi connectivity index (χ3n) is 2.56. The minimum Gasteiger partial charge on any atom is -0.323 e. The summed E-state index contributed by atoms with van der Waals surface area (Å²) >= 11 is 3.40. The van der Waals surface area contributed by atoms with E-state index in [1.807, 2.05) is 55.5 Å². The highest BCUT2D eigenvalue weighted by molar-refractivity contribution is 9.10. The molecule has 3 heteroatoms. The van der Waals surface area contributed by atoms with Gasteiger partial charge in [-0.15, -0.1) is 0 Å². The van der Waals surface area contributed by atoms with Gasteiger partial charge in [0.25, 0.3) is 0 Å². The summed E-state index contributed by atoms with van der Waals surface area (Å²) in [6.45, 7) is 1.99. The number of carbonyl (C=O) groups is 1. The quantitative estimate of drug-likeness (QED) is 0.835. The van der Waals surface area contributed by atoms with Crippen LogP contribution < -0.4 is 5.32 Å². The van der Waals surface area contributed by atoms with Crippen LogP contribution in [0.5, 0.6) is 0 Å². The molecule has 0 aliphatic rings. The van der Waals surface area contributed by atoms with E-state index in [-0.39, 0.29) is 5.91 Å². The standard InChI is InChI=1S/C16H14BrNO/c1-12-4-2-7-15(10-12)18-16(19)9-8-13-5-3-6-14(17)11-13/h2-11H,1H3,(H,18,19)/b9-8+. The predicted octanol–water partition coefficient (Wildman–Crippen LogP) is 4.41. The highest BCUT2D eigenvalue weighted by atomic mass is 79.9. The average Bonchev–Trinajstić information content (AvgIpc) is 2.36. The van der Waals surface area contributed by atoms with Crippen LogP contribution in [0.4, 0.5) is 5.69 Å². The number of benzene rings is 2. The van der Waals surface area contributed by atoms with E-state index in [1.165, 1.54) is 6.08 Å². The molecule has 0 atom stereocenters. The lowest BCUT2D eigenvalue weighted by atomic mass is 10.2. The maximum Gasteiger partial charge on any atom is 0.248 e. The van der Waals surface area contributed by atoms with Gasteiger partial charge >= 0.3 is 0 Å². The summed E-state index contributed by atoms with van der Waals surface area (Å²) in [5.74, 6) is -0.134. The first kappa shape index (κ1) is 13.6. The fraction of sp³-hybridized carbons (Fsp3) is 0.0625. The average molecular weight is 316 g/mol. The maximum absolute atomic E-state index is 11.8. The molecule has 0 saturated heterocycles. The minimum atomic E-state index is -0.134. The fourth-order valence-electron chi connectivity index (χ4n) is 1.69. The normalized spacial score (nSPS) is 10.6. The van der Waals surface area contributed by atoms with Crippen LogP contribution >= 0.6 is 15.9 Å². The number of anilines is 1. The van der Waals surface area contributed by atoms with Crippen molar-refractivity contribution in [1.82, 2.24) is 0 Å². The molecule has 0 aliphatic heterocycles. The van der Waals surface area contributed by atoms with Gasteiger partial charge in [-0.2, -0.15) is 0 Å². The van der Waals surface area contributed by atoms with Gasteiger partial charge in [-0.05, 0) is 48.4 Å². The number of amides is 1. The number of hydrogen-bond donors (Lipinski definition) is 1. The Bertz CT molecular complexity index is 620.